The van der Waals surface area contributed by atoms with Gasteiger partial charge in [-0.1, -0.05) is 13.8 Å². The van der Waals surface area contributed by atoms with Crippen LogP contribution < -0.4 is 10.6 Å². The van der Waals surface area contributed by atoms with Crippen molar-refractivity contribution in [3.05, 3.63) is 17.5 Å². The number of nitrogens with zero attached hydrogens (tertiary/aromatic N) is 4. The molecule has 24 heavy (non-hydrogen) atoms. The average molecular weight is 450 g/mol. The van der Waals surface area contributed by atoms with Gasteiger partial charge in [0, 0.05) is 38.4 Å². The molecule has 140 valence electrons. The molecule has 0 bridgehead atoms. The van der Waals surface area contributed by atoms with E-state index in [1.165, 1.54) is 5.69 Å². The van der Waals surface area contributed by atoms with Crippen LogP contribution in [-0.4, -0.2) is 59.9 Å². The molecule has 0 radical (unpaired) electrons. The normalized spacial score (nSPS) is 11.5. The molecule has 0 fully saturated rings. The smallest absolute Gasteiger partial charge is 0.191 e. The maximum Gasteiger partial charge on any atom is 0.191 e. The Hall–Kier alpha value is -0.830. The van der Waals surface area contributed by atoms with E-state index in [1.807, 2.05) is 6.92 Å². The summed E-state index contributed by atoms with van der Waals surface area (Å²) in [5, 5.41) is 11.2. The van der Waals surface area contributed by atoms with Gasteiger partial charge >= 0.3 is 0 Å². The van der Waals surface area contributed by atoms with Crippen molar-refractivity contribution in [2.24, 2.45) is 4.99 Å². The number of halogens is 1. The predicted octanol–water partition coefficient (Wildman–Crippen LogP) is 2.40. The van der Waals surface area contributed by atoms with Crippen LogP contribution in [0.5, 0.6) is 0 Å². The number of hydrogen-bond acceptors (Lipinski definition) is 3. The number of likely N-dealkylation sites (N-methyl/N-ethyl adjacent to an activating group) is 1. The zero-order chi connectivity index (χ0) is 17.1. The van der Waals surface area contributed by atoms with Crippen LogP contribution in [0.15, 0.2) is 11.1 Å². The Morgan fingerprint density at radius 3 is 2.46 bits per heavy atom. The Morgan fingerprint density at radius 2 is 1.92 bits per heavy atom. The average Bonchev–Trinajstić information content (AvgIpc) is 2.85. The molecule has 1 rings (SSSR count). The van der Waals surface area contributed by atoms with Gasteiger partial charge in [-0.25, -0.2) is 0 Å². The van der Waals surface area contributed by atoms with Crippen LogP contribution in [-0.2, 0) is 6.54 Å². The van der Waals surface area contributed by atoms with Crippen molar-refractivity contribution in [2.45, 2.75) is 47.6 Å². The number of aliphatic imine (C=N–C) groups is 1. The zero-order valence-electron chi connectivity index (χ0n) is 15.9. The van der Waals surface area contributed by atoms with Crippen molar-refractivity contribution in [1.82, 2.24) is 25.3 Å². The second kappa shape index (κ2) is 13.5. The van der Waals surface area contributed by atoms with Crippen molar-refractivity contribution in [3.63, 3.8) is 0 Å². The molecular formula is C17H35IN6. The van der Waals surface area contributed by atoms with Crippen LogP contribution in [0, 0.1) is 13.8 Å². The van der Waals surface area contributed by atoms with Crippen molar-refractivity contribution in [1.29, 1.82) is 0 Å². The van der Waals surface area contributed by atoms with E-state index in [-0.39, 0.29) is 24.0 Å². The molecule has 0 unspecified atom stereocenters. The molecule has 0 spiro atoms. The molecule has 2 N–H and O–H groups in total. The van der Waals surface area contributed by atoms with Crippen molar-refractivity contribution in [2.75, 3.05) is 39.3 Å². The molecule has 0 atom stereocenters. The lowest BCUT2D eigenvalue weighted by Gasteiger charge is -2.19. The van der Waals surface area contributed by atoms with E-state index in [1.54, 1.807) is 0 Å². The summed E-state index contributed by atoms with van der Waals surface area (Å²) in [5.74, 6) is 0.910. The lowest BCUT2D eigenvalue weighted by molar-refractivity contribution is 0.308. The highest BCUT2D eigenvalue weighted by Crippen LogP contribution is 2.02. The molecule has 0 saturated heterocycles. The van der Waals surface area contributed by atoms with Crippen LogP contribution in [0.25, 0.3) is 0 Å². The Labute approximate surface area is 164 Å². The molecule has 0 saturated carbocycles. The quantitative estimate of drug-likeness (QED) is 0.249. The monoisotopic (exact) mass is 450 g/mol. The van der Waals surface area contributed by atoms with E-state index in [2.05, 4.69) is 64.1 Å². The molecule has 0 aliphatic carbocycles. The molecule has 0 aliphatic heterocycles. The molecule has 0 amide bonds. The van der Waals surface area contributed by atoms with Crippen LogP contribution in [0.4, 0.5) is 0 Å². The lowest BCUT2D eigenvalue weighted by atomic mass is 10.4. The lowest BCUT2D eigenvalue weighted by Crippen LogP contribution is -2.41. The minimum absolute atomic E-state index is 0. The van der Waals surface area contributed by atoms with Crippen LogP contribution >= 0.6 is 24.0 Å². The first-order valence-corrected chi connectivity index (χ1v) is 8.86. The highest BCUT2D eigenvalue weighted by molar-refractivity contribution is 14.0. The number of hydrogen-bond donors (Lipinski definition) is 2. The second-order valence-electron chi connectivity index (χ2n) is 5.72. The first-order chi connectivity index (χ1) is 11.1. The summed E-state index contributed by atoms with van der Waals surface area (Å²) in [6.07, 6.45) is 0.995. The van der Waals surface area contributed by atoms with Crippen molar-refractivity contribution >= 4 is 29.9 Å². The van der Waals surface area contributed by atoms with Crippen LogP contribution in [0.1, 0.15) is 38.6 Å². The SMILES string of the molecule is CCNC(=NCCCn1nc(C)cc1C)NCCN(CC)CC.I. The summed E-state index contributed by atoms with van der Waals surface area (Å²) in [7, 11) is 0. The highest BCUT2D eigenvalue weighted by atomic mass is 127. The number of rotatable bonds is 10. The van der Waals surface area contributed by atoms with E-state index in [4.69, 9.17) is 0 Å². The van der Waals surface area contributed by atoms with Gasteiger partial charge < -0.3 is 15.5 Å². The molecular weight excluding hydrogens is 415 g/mol. The minimum atomic E-state index is 0. The Morgan fingerprint density at radius 1 is 1.21 bits per heavy atom. The number of guanidine groups is 1. The Bertz CT molecular complexity index is 468. The number of nitrogens with one attached hydrogen (secondary N) is 2. The maximum atomic E-state index is 4.65. The summed E-state index contributed by atoms with van der Waals surface area (Å²) in [5.41, 5.74) is 2.30. The number of aryl methyl sites for hydroxylation is 3. The summed E-state index contributed by atoms with van der Waals surface area (Å²) in [6.45, 7) is 17.4. The second-order valence-corrected chi connectivity index (χ2v) is 5.72. The van der Waals surface area contributed by atoms with Gasteiger partial charge in [-0.05, 0) is 46.3 Å². The number of aromatic nitrogens is 2. The van der Waals surface area contributed by atoms with E-state index in [0.717, 1.165) is 63.9 Å². The van der Waals surface area contributed by atoms with E-state index in [0.29, 0.717) is 0 Å². The Balaban J connectivity index is 0.00000529. The third-order valence-corrected chi connectivity index (χ3v) is 3.86. The van der Waals surface area contributed by atoms with Gasteiger partial charge in [0.2, 0.25) is 0 Å². The first kappa shape index (κ1) is 23.2. The van der Waals surface area contributed by atoms with E-state index < -0.39 is 0 Å². The molecule has 1 aromatic rings. The Kier molecular flexibility index (Phi) is 13.0. The van der Waals surface area contributed by atoms with E-state index >= 15 is 0 Å². The molecule has 7 heteroatoms. The zero-order valence-corrected chi connectivity index (χ0v) is 18.3. The van der Waals surface area contributed by atoms with Gasteiger partial charge in [-0.15, -0.1) is 24.0 Å². The summed E-state index contributed by atoms with van der Waals surface area (Å²) < 4.78 is 2.06. The van der Waals surface area contributed by atoms with Gasteiger partial charge in [-0.3, -0.25) is 9.67 Å². The molecule has 0 aliphatic rings. The van der Waals surface area contributed by atoms with Gasteiger partial charge in [0.25, 0.3) is 0 Å². The third-order valence-electron chi connectivity index (χ3n) is 3.86. The third kappa shape index (κ3) is 8.86. The molecule has 1 heterocycles. The molecule has 6 nitrogen and oxygen atoms in total. The summed E-state index contributed by atoms with van der Waals surface area (Å²) >= 11 is 0. The first-order valence-electron chi connectivity index (χ1n) is 8.86. The van der Waals surface area contributed by atoms with Gasteiger partial charge in [-0.2, -0.15) is 5.10 Å². The fourth-order valence-electron chi connectivity index (χ4n) is 2.53. The molecule has 1 aromatic heterocycles. The van der Waals surface area contributed by atoms with Crippen LogP contribution in [0.2, 0.25) is 0 Å². The van der Waals surface area contributed by atoms with Crippen molar-refractivity contribution < 1.29 is 0 Å². The van der Waals surface area contributed by atoms with Gasteiger partial charge in [0.1, 0.15) is 0 Å². The van der Waals surface area contributed by atoms with Crippen LogP contribution in [0.3, 0.4) is 0 Å². The highest BCUT2D eigenvalue weighted by Gasteiger charge is 2.02. The van der Waals surface area contributed by atoms with Crippen molar-refractivity contribution in [3.8, 4) is 0 Å². The molecule has 0 aromatic carbocycles. The topological polar surface area (TPSA) is 57.5 Å². The fraction of sp³-hybridized carbons (Fsp3) is 0.765. The minimum Gasteiger partial charge on any atom is -0.357 e. The fourth-order valence-corrected chi connectivity index (χ4v) is 2.53. The van der Waals surface area contributed by atoms with Gasteiger partial charge in [0.15, 0.2) is 5.96 Å². The predicted molar refractivity (Wildman–Crippen MR) is 114 cm³/mol. The summed E-state index contributed by atoms with van der Waals surface area (Å²) in [6, 6.07) is 2.11. The maximum absolute atomic E-state index is 4.65. The largest absolute Gasteiger partial charge is 0.357 e. The standard InChI is InChI=1S/C17H34N6.HI/c1-6-18-17(20-11-13-22(7-2)8-3)19-10-9-12-23-16(5)14-15(4)21-23;/h14H,6-13H2,1-5H3,(H2,18,19,20);1H. The summed E-state index contributed by atoms with van der Waals surface area (Å²) in [4.78, 5) is 7.05. The van der Waals surface area contributed by atoms with E-state index in [9.17, 15) is 0 Å². The van der Waals surface area contributed by atoms with Gasteiger partial charge in [0.05, 0.1) is 5.69 Å².